The molecule has 1 rings (SSSR count). The molecule has 5 atom stereocenters. The highest BCUT2D eigenvalue weighted by molar-refractivity contribution is 5.76. The van der Waals surface area contributed by atoms with E-state index < -0.39 is 43.7 Å². The summed E-state index contributed by atoms with van der Waals surface area (Å²) in [6.45, 7) is 0.681. The van der Waals surface area contributed by atoms with Gasteiger partial charge in [-0.2, -0.15) is 0 Å². The van der Waals surface area contributed by atoms with E-state index in [0.717, 1.165) is 0 Å². The van der Waals surface area contributed by atoms with Gasteiger partial charge in [-0.1, -0.05) is 6.92 Å². The minimum absolute atomic E-state index is 0.00280. The van der Waals surface area contributed by atoms with E-state index in [1.54, 1.807) is 0 Å². The van der Waals surface area contributed by atoms with Crippen LogP contribution in [0.4, 0.5) is 0 Å². The number of aliphatic hydroxyl groups is 6. The van der Waals surface area contributed by atoms with Gasteiger partial charge in [0.05, 0.1) is 42.9 Å². The molecule has 0 aliphatic carbocycles. The van der Waals surface area contributed by atoms with E-state index in [-0.39, 0.29) is 24.4 Å². The summed E-state index contributed by atoms with van der Waals surface area (Å²) in [6, 6.07) is -0.845. The maximum Gasteiger partial charge on any atom is 0.220 e. The molecule has 0 radical (unpaired) electrons. The number of hydrogen-bond acceptors (Lipinski definition) is 9. The average Bonchev–Trinajstić information content (AvgIpc) is 2.64. The first-order valence-corrected chi connectivity index (χ1v) is 8.38. The Bertz CT molecular complexity index is 543. The molecule has 0 saturated heterocycles. The lowest BCUT2D eigenvalue weighted by Crippen LogP contribution is -2.46. The van der Waals surface area contributed by atoms with Crippen molar-refractivity contribution in [1.29, 1.82) is 0 Å². The molecule has 26 heavy (non-hydrogen) atoms. The number of nitrogens with one attached hydrogen (secondary N) is 1. The standard InChI is InChI=1S/C16H27N3O7/c1-2-3-14(24)19-11(7-20)12(22)4-9-5-18-10(6-17-9)15(25)16(26)13(23)8-21/h5-6,11-13,15-16,20-23,25-26H,2-4,7-8H2,1H3,(H,19,24)/t11-,12-,13-,15-,16-/m1/s1. The molecule has 0 saturated carbocycles. The largest absolute Gasteiger partial charge is 0.394 e. The smallest absolute Gasteiger partial charge is 0.220 e. The van der Waals surface area contributed by atoms with Crippen LogP contribution in [0, 0.1) is 0 Å². The van der Waals surface area contributed by atoms with E-state index in [4.69, 9.17) is 5.11 Å². The van der Waals surface area contributed by atoms with E-state index in [9.17, 15) is 30.3 Å². The Morgan fingerprint density at radius 1 is 1.08 bits per heavy atom. The van der Waals surface area contributed by atoms with Crippen molar-refractivity contribution < 1.29 is 35.4 Å². The zero-order chi connectivity index (χ0) is 19.7. The number of aromatic nitrogens is 2. The fourth-order valence-electron chi connectivity index (χ4n) is 2.24. The van der Waals surface area contributed by atoms with Crippen LogP contribution in [-0.2, 0) is 11.2 Å². The second-order valence-corrected chi connectivity index (χ2v) is 6.00. The molecule has 0 aromatic carbocycles. The van der Waals surface area contributed by atoms with Crippen LogP contribution in [0.15, 0.2) is 12.4 Å². The van der Waals surface area contributed by atoms with Crippen LogP contribution >= 0.6 is 0 Å². The van der Waals surface area contributed by atoms with Gasteiger partial charge in [-0.25, -0.2) is 0 Å². The molecule has 1 amide bonds. The Kier molecular flexibility index (Phi) is 9.55. The summed E-state index contributed by atoms with van der Waals surface area (Å²) < 4.78 is 0. The Hall–Kier alpha value is -1.69. The van der Waals surface area contributed by atoms with Crippen molar-refractivity contribution in [1.82, 2.24) is 15.3 Å². The first-order chi connectivity index (χ1) is 12.3. The average molecular weight is 373 g/mol. The van der Waals surface area contributed by atoms with Gasteiger partial charge in [0.2, 0.25) is 5.91 Å². The molecule has 0 bridgehead atoms. The second-order valence-electron chi connectivity index (χ2n) is 6.00. The van der Waals surface area contributed by atoms with Crippen LogP contribution in [0.5, 0.6) is 0 Å². The van der Waals surface area contributed by atoms with Gasteiger partial charge in [0.25, 0.3) is 0 Å². The van der Waals surface area contributed by atoms with Crippen LogP contribution in [0.1, 0.15) is 37.3 Å². The van der Waals surface area contributed by atoms with Gasteiger partial charge in [0.15, 0.2) is 0 Å². The minimum Gasteiger partial charge on any atom is -0.394 e. The molecule has 1 aromatic rings. The fourth-order valence-corrected chi connectivity index (χ4v) is 2.24. The molecule has 0 aliphatic heterocycles. The molecule has 0 fully saturated rings. The third kappa shape index (κ3) is 6.56. The Morgan fingerprint density at radius 3 is 2.27 bits per heavy atom. The van der Waals surface area contributed by atoms with Crippen molar-refractivity contribution in [3.8, 4) is 0 Å². The second kappa shape index (κ2) is 11.1. The van der Waals surface area contributed by atoms with Crippen LogP contribution in [0.3, 0.4) is 0 Å². The van der Waals surface area contributed by atoms with Gasteiger partial charge < -0.3 is 36.0 Å². The SMILES string of the molecule is CCCC(=O)N[C@H](CO)[C@H](O)Cc1cnc([C@@H](O)[C@H](O)[C@H](O)CO)cn1. The third-order valence-electron chi connectivity index (χ3n) is 3.84. The van der Waals surface area contributed by atoms with Gasteiger partial charge in [-0.05, 0) is 6.42 Å². The molecule has 0 aliphatic rings. The molecule has 1 aromatic heterocycles. The van der Waals surface area contributed by atoms with Gasteiger partial charge in [-0.3, -0.25) is 14.8 Å². The molecular weight excluding hydrogens is 346 g/mol. The highest BCUT2D eigenvalue weighted by Gasteiger charge is 2.27. The van der Waals surface area contributed by atoms with Crippen molar-refractivity contribution >= 4 is 5.91 Å². The van der Waals surface area contributed by atoms with E-state index in [2.05, 4.69) is 15.3 Å². The van der Waals surface area contributed by atoms with Crippen molar-refractivity contribution in [2.75, 3.05) is 13.2 Å². The first-order valence-electron chi connectivity index (χ1n) is 8.38. The molecule has 148 valence electrons. The summed E-state index contributed by atoms with van der Waals surface area (Å²) in [5.41, 5.74) is 0.326. The lowest BCUT2D eigenvalue weighted by atomic mass is 10.0. The van der Waals surface area contributed by atoms with E-state index in [1.165, 1.54) is 12.4 Å². The van der Waals surface area contributed by atoms with Crippen LogP contribution in [-0.4, -0.2) is 84.1 Å². The van der Waals surface area contributed by atoms with Gasteiger partial charge in [0.1, 0.15) is 18.3 Å². The number of hydrogen-bond donors (Lipinski definition) is 7. The van der Waals surface area contributed by atoms with E-state index in [0.29, 0.717) is 12.1 Å². The summed E-state index contributed by atoms with van der Waals surface area (Å²) in [4.78, 5) is 19.5. The van der Waals surface area contributed by atoms with Crippen LogP contribution < -0.4 is 5.32 Å². The zero-order valence-corrected chi connectivity index (χ0v) is 14.6. The van der Waals surface area contributed by atoms with Gasteiger partial charge in [-0.15, -0.1) is 0 Å². The topological polar surface area (TPSA) is 176 Å². The van der Waals surface area contributed by atoms with E-state index >= 15 is 0 Å². The van der Waals surface area contributed by atoms with Crippen LogP contribution in [0.25, 0.3) is 0 Å². The maximum atomic E-state index is 11.6. The summed E-state index contributed by atoms with van der Waals surface area (Å²) in [6.07, 6.45) is -2.41. The molecule has 0 unspecified atom stereocenters. The van der Waals surface area contributed by atoms with Crippen molar-refractivity contribution in [3.05, 3.63) is 23.8 Å². The maximum absolute atomic E-state index is 11.6. The zero-order valence-electron chi connectivity index (χ0n) is 14.6. The summed E-state index contributed by atoms with van der Waals surface area (Å²) in [7, 11) is 0. The van der Waals surface area contributed by atoms with Crippen molar-refractivity contribution in [2.45, 2.75) is 56.6 Å². The highest BCUT2D eigenvalue weighted by atomic mass is 16.4. The van der Waals surface area contributed by atoms with E-state index in [1.807, 2.05) is 6.92 Å². The Labute approximate surface area is 151 Å². The third-order valence-corrected chi connectivity index (χ3v) is 3.84. The summed E-state index contributed by atoms with van der Waals surface area (Å²) in [5, 5.41) is 59.7. The lowest BCUT2D eigenvalue weighted by molar-refractivity contribution is -0.123. The molecule has 0 spiro atoms. The molecule has 1 heterocycles. The number of carbonyl (C=O) groups excluding carboxylic acids is 1. The number of carbonyl (C=O) groups is 1. The van der Waals surface area contributed by atoms with Gasteiger partial charge in [0, 0.05) is 19.0 Å². The van der Waals surface area contributed by atoms with Crippen molar-refractivity contribution in [2.24, 2.45) is 0 Å². The number of nitrogens with zero attached hydrogens (tertiary/aromatic N) is 2. The Morgan fingerprint density at radius 2 is 1.77 bits per heavy atom. The fraction of sp³-hybridized carbons (Fsp3) is 0.688. The lowest BCUT2D eigenvalue weighted by Gasteiger charge is -2.22. The predicted molar refractivity (Wildman–Crippen MR) is 89.7 cm³/mol. The highest BCUT2D eigenvalue weighted by Crippen LogP contribution is 2.16. The molecule has 10 heteroatoms. The molecule has 10 nitrogen and oxygen atoms in total. The Balaban J connectivity index is 2.69. The monoisotopic (exact) mass is 373 g/mol. The van der Waals surface area contributed by atoms with Crippen molar-refractivity contribution in [3.63, 3.8) is 0 Å². The normalized spacial score (nSPS) is 17.2. The summed E-state index contributed by atoms with van der Waals surface area (Å²) >= 11 is 0. The number of amides is 1. The number of aliphatic hydroxyl groups excluding tert-OH is 6. The number of rotatable bonds is 11. The predicted octanol–water partition coefficient (Wildman–Crippen LogP) is -2.60. The summed E-state index contributed by atoms with van der Waals surface area (Å²) in [5.74, 6) is -0.272. The quantitative estimate of drug-likeness (QED) is 0.219. The minimum atomic E-state index is -1.63. The van der Waals surface area contributed by atoms with Crippen LogP contribution in [0.2, 0.25) is 0 Å². The van der Waals surface area contributed by atoms with Gasteiger partial charge >= 0.3 is 0 Å². The molecule has 7 N–H and O–H groups in total. The first kappa shape index (κ1) is 22.4. The molecular formula is C16H27N3O7.